The number of rotatable bonds is 1. The van der Waals surface area contributed by atoms with E-state index in [1.165, 1.54) is 0 Å². The quantitative estimate of drug-likeness (QED) is 0.865. The lowest BCUT2D eigenvalue weighted by molar-refractivity contribution is 0.0764. The SMILES string of the molecule is NC(=O)N1CCCN(C(=O)c2ccnc3ccccc23)CC1. The molecule has 0 bridgehead atoms. The summed E-state index contributed by atoms with van der Waals surface area (Å²) in [6.45, 7) is 2.19. The summed E-state index contributed by atoms with van der Waals surface area (Å²) in [6.07, 6.45) is 2.39. The van der Waals surface area contributed by atoms with E-state index < -0.39 is 6.03 Å². The van der Waals surface area contributed by atoms with Gasteiger partial charge in [-0.25, -0.2) is 4.79 Å². The van der Waals surface area contributed by atoms with Crippen LogP contribution in [0, 0.1) is 0 Å². The second-order valence-corrected chi connectivity index (χ2v) is 5.35. The number of hydrogen-bond donors (Lipinski definition) is 1. The van der Waals surface area contributed by atoms with E-state index in [1.807, 2.05) is 24.3 Å². The molecule has 1 aromatic carbocycles. The number of amides is 3. The maximum absolute atomic E-state index is 12.8. The van der Waals surface area contributed by atoms with Gasteiger partial charge in [0.1, 0.15) is 0 Å². The van der Waals surface area contributed by atoms with Gasteiger partial charge in [0.05, 0.1) is 11.1 Å². The predicted molar refractivity (Wildman–Crippen MR) is 83.4 cm³/mol. The molecule has 0 saturated carbocycles. The van der Waals surface area contributed by atoms with E-state index in [0.717, 1.165) is 17.3 Å². The van der Waals surface area contributed by atoms with Gasteiger partial charge in [-0.1, -0.05) is 18.2 Å². The maximum Gasteiger partial charge on any atom is 0.314 e. The van der Waals surface area contributed by atoms with Crippen LogP contribution in [0.4, 0.5) is 4.79 Å². The van der Waals surface area contributed by atoms with Crippen LogP contribution in [-0.4, -0.2) is 52.9 Å². The summed E-state index contributed by atoms with van der Waals surface area (Å²) in [5.74, 6) is -0.0232. The molecule has 2 heterocycles. The Morgan fingerprint density at radius 2 is 1.73 bits per heavy atom. The van der Waals surface area contributed by atoms with Gasteiger partial charge in [-0.05, 0) is 18.6 Å². The largest absolute Gasteiger partial charge is 0.351 e. The fourth-order valence-corrected chi connectivity index (χ4v) is 2.79. The Morgan fingerprint density at radius 3 is 2.55 bits per heavy atom. The lowest BCUT2D eigenvalue weighted by Gasteiger charge is -2.21. The zero-order chi connectivity index (χ0) is 15.5. The molecule has 0 unspecified atom stereocenters. The lowest BCUT2D eigenvalue weighted by Crippen LogP contribution is -2.39. The van der Waals surface area contributed by atoms with Crippen LogP contribution >= 0.6 is 0 Å². The van der Waals surface area contributed by atoms with Crippen LogP contribution in [0.15, 0.2) is 36.5 Å². The highest BCUT2D eigenvalue weighted by molar-refractivity contribution is 6.06. The van der Waals surface area contributed by atoms with Crippen LogP contribution in [0.3, 0.4) is 0 Å². The van der Waals surface area contributed by atoms with Crippen molar-refractivity contribution in [3.05, 3.63) is 42.1 Å². The topological polar surface area (TPSA) is 79.5 Å². The first kappa shape index (κ1) is 14.3. The minimum Gasteiger partial charge on any atom is -0.351 e. The van der Waals surface area contributed by atoms with E-state index in [1.54, 1.807) is 22.1 Å². The number of carbonyl (C=O) groups is 2. The molecule has 2 N–H and O–H groups in total. The van der Waals surface area contributed by atoms with Crippen molar-refractivity contribution >= 4 is 22.8 Å². The molecule has 114 valence electrons. The first-order valence-electron chi connectivity index (χ1n) is 7.34. The summed E-state index contributed by atoms with van der Waals surface area (Å²) < 4.78 is 0. The number of aromatic nitrogens is 1. The van der Waals surface area contributed by atoms with Gasteiger partial charge in [0.25, 0.3) is 5.91 Å². The van der Waals surface area contributed by atoms with E-state index in [0.29, 0.717) is 31.7 Å². The third-order valence-electron chi connectivity index (χ3n) is 3.97. The van der Waals surface area contributed by atoms with Crippen LogP contribution in [0.5, 0.6) is 0 Å². The number of urea groups is 1. The van der Waals surface area contributed by atoms with Gasteiger partial charge in [-0.15, -0.1) is 0 Å². The Hall–Kier alpha value is -2.63. The molecule has 0 radical (unpaired) electrons. The van der Waals surface area contributed by atoms with E-state index in [2.05, 4.69) is 4.98 Å². The van der Waals surface area contributed by atoms with Crippen LogP contribution in [0.2, 0.25) is 0 Å². The second-order valence-electron chi connectivity index (χ2n) is 5.35. The molecule has 0 atom stereocenters. The molecular formula is C16H18N4O2. The van der Waals surface area contributed by atoms with E-state index in [4.69, 9.17) is 5.73 Å². The van der Waals surface area contributed by atoms with Crippen molar-refractivity contribution in [2.75, 3.05) is 26.2 Å². The standard InChI is InChI=1S/C16H18N4O2/c17-16(22)20-9-3-8-19(10-11-20)15(21)13-6-7-18-14-5-2-1-4-12(13)14/h1-2,4-7H,3,8-11H2,(H2,17,22). The van der Waals surface area contributed by atoms with E-state index in [9.17, 15) is 9.59 Å². The molecule has 6 nitrogen and oxygen atoms in total. The lowest BCUT2D eigenvalue weighted by atomic mass is 10.1. The molecule has 0 spiro atoms. The smallest absolute Gasteiger partial charge is 0.314 e. The zero-order valence-corrected chi connectivity index (χ0v) is 12.2. The van der Waals surface area contributed by atoms with Crippen molar-refractivity contribution in [2.24, 2.45) is 5.73 Å². The predicted octanol–water partition coefficient (Wildman–Crippen LogP) is 1.46. The van der Waals surface area contributed by atoms with Crippen LogP contribution in [0.1, 0.15) is 16.8 Å². The molecule has 2 aromatic rings. The average molecular weight is 298 g/mol. The molecular weight excluding hydrogens is 280 g/mol. The molecule has 22 heavy (non-hydrogen) atoms. The van der Waals surface area contributed by atoms with Crippen molar-refractivity contribution in [3.63, 3.8) is 0 Å². The molecule has 1 aromatic heterocycles. The minimum atomic E-state index is -0.427. The summed E-state index contributed by atoms with van der Waals surface area (Å²) in [5.41, 5.74) is 6.78. The minimum absolute atomic E-state index is 0.0232. The van der Waals surface area contributed by atoms with Crippen molar-refractivity contribution in [1.82, 2.24) is 14.8 Å². The molecule has 3 amide bonds. The number of nitrogens with zero attached hydrogens (tertiary/aromatic N) is 3. The third kappa shape index (κ3) is 2.72. The fraction of sp³-hybridized carbons (Fsp3) is 0.312. The number of benzene rings is 1. The molecule has 1 fully saturated rings. The first-order valence-corrected chi connectivity index (χ1v) is 7.34. The van der Waals surface area contributed by atoms with Gasteiger partial charge in [0.2, 0.25) is 0 Å². The first-order chi connectivity index (χ1) is 10.7. The molecule has 1 aliphatic heterocycles. The monoisotopic (exact) mass is 298 g/mol. The second kappa shape index (κ2) is 6.01. The Balaban J connectivity index is 1.85. The highest BCUT2D eigenvalue weighted by atomic mass is 16.2. The summed E-state index contributed by atoms with van der Waals surface area (Å²) in [4.78, 5) is 31.7. The summed E-state index contributed by atoms with van der Waals surface area (Å²) >= 11 is 0. The molecule has 3 rings (SSSR count). The van der Waals surface area contributed by atoms with Gasteiger partial charge in [0, 0.05) is 37.8 Å². The van der Waals surface area contributed by atoms with Crippen molar-refractivity contribution in [3.8, 4) is 0 Å². The Labute approximate surface area is 128 Å². The van der Waals surface area contributed by atoms with Gasteiger partial charge in [0.15, 0.2) is 0 Å². The van der Waals surface area contributed by atoms with Gasteiger partial charge >= 0.3 is 6.03 Å². The molecule has 6 heteroatoms. The zero-order valence-electron chi connectivity index (χ0n) is 12.2. The van der Waals surface area contributed by atoms with E-state index >= 15 is 0 Å². The Morgan fingerprint density at radius 1 is 1.00 bits per heavy atom. The molecule has 1 saturated heterocycles. The highest BCUT2D eigenvalue weighted by Gasteiger charge is 2.22. The van der Waals surface area contributed by atoms with Crippen LogP contribution in [-0.2, 0) is 0 Å². The van der Waals surface area contributed by atoms with Crippen molar-refractivity contribution in [1.29, 1.82) is 0 Å². The average Bonchev–Trinajstić information content (AvgIpc) is 2.80. The number of fused-ring (bicyclic) bond motifs is 1. The van der Waals surface area contributed by atoms with Crippen molar-refractivity contribution in [2.45, 2.75) is 6.42 Å². The van der Waals surface area contributed by atoms with Crippen LogP contribution < -0.4 is 5.73 Å². The van der Waals surface area contributed by atoms with Gasteiger partial charge < -0.3 is 15.5 Å². The molecule has 0 aliphatic carbocycles. The molecule has 1 aliphatic rings. The summed E-state index contributed by atoms with van der Waals surface area (Å²) in [6, 6.07) is 8.93. The number of primary amides is 1. The summed E-state index contributed by atoms with van der Waals surface area (Å²) in [7, 11) is 0. The maximum atomic E-state index is 12.8. The summed E-state index contributed by atoms with van der Waals surface area (Å²) in [5, 5.41) is 0.853. The highest BCUT2D eigenvalue weighted by Crippen LogP contribution is 2.18. The Bertz CT molecular complexity index is 711. The fourth-order valence-electron chi connectivity index (χ4n) is 2.79. The van der Waals surface area contributed by atoms with Gasteiger partial charge in [-0.3, -0.25) is 9.78 Å². The van der Waals surface area contributed by atoms with Gasteiger partial charge in [-0.2, -0.15) is 0 Å². The van der Waals surface area contributed by atoms with E-state index in [-0.39, 0.29) is 5.91 Å². The number of pyridine rings is 1. The number of nitrogens with two attached hydrogens (primary N) is 1. The van der Waals surface area contributed by atoms with Crippen LogP contribution in [0.25, 0.3) is 10.9 Å². The number of hydrogen-bond acceptors (Lipinski definition) is 3. The normalized spacial score (nSPS) is 15.6. The Kier molecular flexibility index (Phi) is 3.91. The third-order valence-corrected chi connectivity index (χ3v) is 3.97. The van der Waals surface area contributed by atoms with Crippen molar-refractivity contribution < 1.29 is 9.59 Å². The number of para-hydroxylation sites is 1. The number of carbonyl (C=O) groups excluding carboxylic acids is 2.